The molecule has 98 valence electrons. The number of aromatic hydroxyl groups is 1. The minimum atomic E-state index is -0.260. The highest BCUT2D eigenvalue weighted by Crippen LogP contribution is 2.29. The Balaban J connectivity index is 2.07. The van der Waals surface area contributed by atoms with Gasteiger partial charge in [0.05, 0.1) is 15.6 Å². The SMILES string of the molecule is O=C(N/N=C/c1cc(O)c(Br)cc1Br)c1cccs1. The molecule has 4 nitrogen and oxygen atoms in total. The minimum absolute atomic E-state index is 0.106. The smallest absolute Gasteiger partial charge is 0.281 e. The van der Waals surface area contributed by atoms with Crippen molar-refractivity contribution in [2.24, 2.45) is 5.10 Å². The molecule has 0 aliphatic carbocycles. The highest BCUT2D eigenvalue weighted by atomic mass is 79.9. The lowest BCUT2D eigenvalue weighted by molar-refractivity contribution is 0.0959. The van der Waals surface area contributed by atoms with E-state index >= 15 is 0 Å². The number of rotatable bonds is 3. The number of phenolic OH excluding ortho intramolecular Hbond substituents is 1. The topological polar surface area (TPSA) is 61.7 Å². The van der Waals surface area contributed by atoms with E-state index in [0.29, 0.717) is 14.9 Å². The van der Waals surface area contributed by atoms with Gasteiger partial charge in [-0.1, -0.05) is 22.0 Å². The predicted octanol–water partition coefficient (Wildman–Crippen LogP) is 3.74. The minimum Gasteiger partial charge on any atom is -0.507 e. The van der Waals surface area contributed by atoms with Crippen LogP contribution in [0.1, 0.15) is 15.2 Å². The van der Waals surface area contributed by atoms with Crippen LogP contribution in [0.2, 0.25) is 0 Å². The van der Waals surface area contributed by atoms with Crippen LogP contribution in [-0.4, -0.2) is 17.2 Å². The lowest BCUT2D eigenvalue weighted by Gasteiger charge is -2.02. The molecule has 1 aromatic heterocycles. The fourth-order valence-corrected chi connectivity index (χ4v) is 2.99. The van der Waals surface area contributed by atoms with E-state index in [4.69, 9.17) is 0 Å². The van der Waals surface area contributed by atoms with Gasteiger partial charge < -0.3 is 5.11 Å². The molecule has 7 heteroatoms. The molecule has 0 aliphatic rings. The van der Waals surface area contributed by atoms with E-state index in [9.17, 15) is 9.90 Å². The largest absolute Gasteiger partial charge is 0.507 e. The molecule has 0 atom stereocenters. The molecule has 1 aromatic carbocycles. The lowest BCUT2D eigenvalue weighted by atomic mass is 10.2. The number of nitrogens with zero attached hydrogens (tertiary/aromatic N) is 1. The number of hydrogen-bond donors (Lipinski definition) is 2. The predicted molar refractivity (Wildman–Crippen MR) is 82.9 cm³/mol. The molecular formula is C12H8Br2N2O2S. The summed E-state index contributed by atoms with van der Waals surface area (Å²) < 4.78 is 1.34. The van der Waals surface area contributed by atoms with Crippen molar-refractivity contribution < 1.29 is 9.90 Å². The van der Waals surface area contributed by atoms with Gasteiger partial charge in [0, 0.05) is 10.0 Å². The van der Waals surface area contributed by atoms with Crippen LogP contribution in [0, 0.1) is 0 Å². The van der Waals surface area contributed by atoms with E-state index < -0.39 is 0 Å². The van der Waals surface area contributed by atoms with Crippen molar-refractivity contribution in [2.45, 2.75) is 0 Å². The molecule has 2 N–H and O–H groups in total. The number of amides is 1. The first-order valence-electron chi connectivity index (χ1n) is 5.13. The van der Waals surface area contributed by atoms with Gasteiger partial charge in [0.15, 0.2) is 0 Å². The second-order valence-corrected chi connectivity index (χ2v) is 6.16. The molecule has 1 amide bonds. The van der Waals surface area contributed by atoms with E-state index in [0.717, 1.165) is 4.47 Å². The van der Waals surface area contributed by atoms with Crippen molar-refractivity contribution in [1.29, 1.82) is 0 Å². The summed E-state index contributed by atoms with van der Waals surface area (Å²) in [5.41, 5.74) is 3.08. The van der Waals surface area contributed by atoms with Crippen molar-refractivity contribution in [3.8, 4) is 5.75 Å². The Labute approximate surface area is 130 Å². The Morgan fingerprint density at radius 3 is 2.84 bits per heavy atom. The van der Waals surface area contributed by atoms with Crippen LogP contribution in [0.25, 0.3) is 0 Å². The first-order valence-corrected chi connectivity index (χ1v) is 7.59. The number of phenols is 1. The summed E-state index contributed by atoms with van der Waals surface area (Å²) in [6, 6.07) is 6.76. The fraction of sp³-hybridized carbons (Fsp3) is 0. The number of hydrazone groups is 1. The number of carbonyl (C=O) groups is 1. The van der Waals surface area contributed by atoms with Crippen LogP contribution in [0.5, 0.6) is 5.75 Å². The number of nitrogens with one attached hydrogen (secondary N) is 1. The van der Waals surface area contributed by atoms with E-state index in [1.165, 1.54) is 23.6 Å². The first-order chi connectivity index (χ1) is 9.08. The maximum absolute atomic E-state index is 11.6. The molecule has 0 radical (unpaired) electrons. The molecule has 0 saturated carbocycles. The van der Waals surface area contributed by atoms with Gasteiger partial charge in [-0.15, -0.1) is 11.3 Å². The Kier molecular flexibility index (Phi) is 4.73. The molecule has 19 heavy (non-hydrogen) atoms. The molecule has 0 saturated heterocycles. The third kappa shape index (κ3) is 3.65. The van der Waals surface area contributed by atoms with Crippen LogP contribution in [0.3, 0.4) is 0 Å². The summed E-state index contributed by atoms with van der Waals surface area (Å²) in [5, 5.41) is 15.2. The zero-order chi connectivity index (χ0) is 13.8. The van der Waals surface area contributed by atoms with Gasteiger partial charge in [-0.2, -0.15) is 5.10 Å². The van der Waals surface area contributed by atoms with Gasteiger partial charge in [0.1, 0.15) is 5.75 Å². The van der Waals surface area contributed by atoms with Crippen LogP contribution in [-0.2, 0) is 0 Å². The second kappa shape index (κ2) is 6.31. The summed E-state index contributed by atoms with van der Waals surface area (Å²) in [5.74, 6) is -0.155. The zero-order valence-corrected chi connectivity index (χ0v) is 13.4. The quantitative estimate of drug-likeness (QED) is 0.605. The maximum Gasteiger partial charge on any atom is 0.281 e. The first kappa shape index (κ1) is 14.2. The monoisotopic (exact) mass is 402 g/mol. The molecule has 2 rings (SSSR count). The number of benzene rings is 1. The molecular weight excluding hydrogens is 396 g/mol. The van der Waals surface area contributed by atoms with Gasteiger partial charge in [0.25, 0.3) is 5.91 Å². The Morgan fingerprint density at radius 2 is 2.16 bits per heavy atom. The summed E-state index contributed by atoms with van der Waals surface area (Å²) in [6.45, 7) is 0. The highest BCUT2D eigenvalue weighted by molar-refractivity contribution is 9.11. The second-order valence-electron chi connectivity index (χ2n) is 3.50. The van der Waals surface area contributed by atoms with Crippen molar-refractivity contribution in [1.82, 2.24) is 5.43 Å². The lowest BCUT2D eigenvalue weighted by Crippen LogP contribution is -2.16. The standard InChI is InChI=1S/C12H8Br2N2O2S/c13-8-5-9(14)10(17)4-7(8)6-15-16-12(18)11-2-1-3-19-11/h1-6,17H,(H,16,18)/b15-6+. The van der Waals surface area contributed by atoms with E-state index in [-0.39, 0.29) is 11.7 Å². The number of thiophene rings is 1. The zero-order valence-electron chi connectivity index (χ0n) is 9.43. The third-order valence-electron chi connectivity index (χ3n) is 2.18. The summed E-state index contributed by atoms with van der Waals surface area (Å²) in [7, 11) is 0. The summed E-state index contributed by atoms with van der Waals surface area (Å²) >= 11 is 7.89. The average molecular weight is 404 g/mol. The Bertz CT molecular complexity index is 627. The van der Waals surface area contributed by atoms with Crippen LogP contribution >= 0.6 is 43.2 Å². The van der Waals surface area contributed by atoms with Gasteiger partial charge in [-0.25, -0.2) is 5.43 Å². The van der Waals surface area contributed by atoms with Gasteiger partial charge >= 0.3 is 0 Å². The molecule has 0 spiro atoms. The van der Waals surface area contributed by atoms with E-state index in [1.807, 2.05) is 5.38 Å². The van der Waals surface area contributed by atoms with Crippen molar-refractivity contribution in [3.63, 3.8) is 0 Å². The molecule has 2 aromatic rings. The van der Waals surface area contributed by atoms with Crippen molar-refractivity contribution in [2.75, 3.05) is 0 Å². The van der Waals surface area contributed by atoms with Crippen LogP contribution < -0.4 is 5.43 Å². The highest BCUT2D eigenvalue weighted by Gasteiger charge is 2.06. The summed E-state index contributed by atoms with van der Waals surface area (Å²) in [6.07, 6.45) is 1.46. The fourth-order valence-electron chi connectivity index (χ4n) is 1.28. The molecule has 0 fully saturated rings. The average Bonchev–Trinajstić information content (AvgIpc) is 2.89. The third-order valence-corrected chi connectivity index (χ3v) is 4.37. The van der Waals surface area contributed by atoms with Crippen LogP contribution in [0.15, 0.2) is 43.7 Å². The molecule has 1 heterocycles. The van der Waals surface area contributed by atoms with Gasteiger partial charge in [-0.05, 0) is 39.5 Å². The Morgan fingerprint density at radius 1 is 1.37 bits per heavy atom. The number of hydrogen-bond acceptors (Lipinski definition) is 4. The van der Waals surface area contributed by atoms with Gasteiger partial charge in [0.2, 0.25) is 0 Å². The van der Waals surface area contributed by atoms with Crippen LogP contribution in [0.4, 0.5) is 0 Å². The Hall–Kier alpha value is -1.18. The normalized spacial score (nSPS) is 10.8. The maximum atomic E-state index is 11.6. The summed E-state index contributed by atoms with van der Waals surface area (Å²) in [4.78, 5) is 12.2. The van der Waals surface area contributed by atoms with Crippen molar-refractivity contribution in [3.05, 3.63) is 49.0 Å². The molecule has 0 bridgehead atoms. The van der Waals surface area contributed by atoms with Gasteiger partial charge in [-0.3, -0.25) is 4.79 Å². The molecule has 0 aliphatic heterocycles. The molecule has 0 unspecified atom stereocenters. The number of halogens is 2. The van der Waals surface area contributed by atoms with E-state index in [1.54, 1.807) is 18.2 Å². The van der Waals surface area contributed by atoms with Crippen molar-refractivity contribution >= 4 is 55.3 Å². The van der Waals surface area contributed by atoms with E-state index in [2.05, 4.69) is 42.4 Å². The number of carbonyl (C=O) groups excluding carboxylic acids is 1.